The molecule has 1 rings (SSSR count). The number of halogens is 1. The van der Waals surface area contributed by atoms with E-state index in [0.29, 0.717) is 5.56 Å². The summed E-state index contributed by atoms with van der Waals surface area (Å²) in [4.78, 5) is 20.9. The van der Waals surface area contributed by atoms with Gasteiger partial charge in [-0.2, -0.15) is 5.10 Å². The summed E-state index contributed by atoms with van der Waals surface area (Å²) in [6.45, 7) is -0.549. The first-order valence-corrected chi connectivity index (χ1v) is 5.62. The van der Waals surface area contributed by atoms with Crippen LogP contribution < -0.4 is 20.6 Å². The smallest absolute Gasteiger partial charge is 0.341 e. The van der Waals surface area contributed by atoms with E-state index in [1.54, 1.807) is 0 Å². The van der Waals surface area contributed by atoms with Gasteiger partial charge in [-0.3, -0.25) is 0 Å². The van der Waals surface area contributed by atoms with E-state index >= 15 is 0 Å². The number of nitrogens with one attached hydrogen (secondary N) is 1. The van der Waals surface area contributed by atoms with Crippen molar-refractivity contribution in [1.82, 2.24) is 5.43 Å². The first kappa shape index (κ1) is 15.6. The van der Waals surface area contributed by atoms with Gasteiger partial charge >= 0.3 is 12.0 Å². The predicted molar refractivity (Wildman–Crippen MR) is 71.4 cm³/mol. The van der Waals surface area contributed by atoms with Crippen LogP contribution in [0.1, 0.15) is 5.56 Å². The fourth-order valence-corrected chi connectivity index (χ4v) is 1.53. The molecule has 2 amide bonds. The molecule has 0 spiro atoms. The third kappa shape index (κ3) is 4.65. The lowest BCUT2D eigenvalue weighted by Gasteiger charge is -2.11. The van der Waals surface area contributed by atoms with Crippen LogP contribution in [0.15, 0.2) is 17.2 Å². The first-order chi connectivity index (χ1) is 9.43. The maximum Gasteiger partial charge on any atom is 0.341 e. The van der Waals surface area contributed by atoms with E-state index in [1.165, 1.54) is 25.5 Å². The van der Waals surface area contributed by atoms with Gasteiger partial charge in [-0.1, -0.05) is 11.6 Å². The molecule has 0 saturated heterocycles. The highest BCUT2D eigenvalue weighted by Crippen LogP contribution is 2.35. The normalized spacial score (nSPS) is 10.3. The second-order valence-corrected chi connectivity index (χ2v) is 3.86. The highest BCUT2D eigenvalue weighted by Gasteiger charge is 2.13. The van der Waals surface area contributed by atoms with Crippen molar-refractivity contribution in [1.29, 1.82) is 0 Å². The van der Waals surface area contributed by atoms with E-state index in [1.807, 2.05) is 5.43 Å². The van der Waals surface area contributed by atoms with Crippen LogP contribution in [0.3, 0.4) is 0 Å². The minimum absolute atomic E-state index is 0.108. The number of rotatable bonds is 6. The zero-order valence-electron chi connectivity index (χ0n) is 10.4. The van der Waals surface area contributed by atoms with E-state index in [2.05, 4.69) is 5.10 Å². The summed E-state index contributed by atoms with van der Waals surface area (Å²) in [5.41, 5.74) is 7.37. The van der Waals surface area contributed by atoms with Crippen molar-refractivity contribution in [3.8, 4) is 11.5 Å². The molecule has 1 aromatic carbocycles. The number of primary amides is 1. The van der Waals surface area contributed by atoms with Gasteiger partial charge in [0.1, 0.15) is 0 Å². The molecule has 0 saturated carbocycles. The molecule has 0 atom stereocenters. The van der Waals surface area contributed by atoms with Gasteiger partial charge in [0.2, 0.25) is 0 Å². The molecule has 0 heterocycles. The first-order valence-electron chi connectivity index (χ1n) is 5.24. The quantitative estimate of drug-likeness (QED) is 0.530. The number of aliphatic carboxylic acids is 1. The molecule has 0 aliphatic rings. The van der Waals surface area contributed by atoms with E-state index in [-0.39, 0.29) is 16.5 Å². The van der Waals surface area contributed by atoms with Crippen molar-refractivity contribution in [2.45, 2.75) is 0 Å². The summed E-state index contributed by atoms with van der Waals surface area (Å²) >= 11 is 5.97. The molecular formula is C11H12ClN3O5. The van der Waals surface area contributed by atoms with Crippen LogP contribution in [0.2, 0.25) is 5.02 Å². The summed E-state index contributed by atoms with van der Waals surface area (Å²) in [7, 11) is 1.38. The van der Waals surface area contributed by atoms with Gasteiger partial charge in [0.15, 0.2) is 18.1 Å². The van der Waals surface area contributed by atoms with Crippen molar-refractivity contribution in [2.24, 2.45) is 10.8 Å². The third-order valence-electron chi connectivity index (χ3n) is 1.98. The zero-order chi connectivity index (χ0) is 15.1. The largest absolute Gasteiger partial charge is 0.493 e. The number of urea groups is 1. The van der Waals surface area contributed by atoms with Crippen molar-refractivity contribution < 1.29 is 24.2 Å². The number of nitrogens with two attached hydrogens (primary N) is 1. The van der Waals surface area contributed by atoms with E-state index in [0.717, 1.165) is 0 Å². The Morgan fingerprint density at radius 2 is 2.25 bits per heavy atom. The van der Waals surface area contributed by atoms with Gasteiger partial charge in [0.25, 0.3) is 0 Å². The topological polar surface area (TPSA) is 123 Å². The molecule has 0 aliphatic heterocycles. The van der Waals surface area contributed by atoms with Crippen LogP contribution in [-0.4, -0.2) is 37.0 Å². The summed E-state index contributed by atoms with van der Waals surface area (Å²) < 4.78 is 10.1. The van der Waals surface area contributed by atoms with Gasteiger partial charge in [0, 0.05) is 0 Å². The van der Waals surface area contributed by atoms with Crippen LogP contribution in [0.4, 0.5) is 4.79 Å². The number of carbonyl (C=O) groups excluding carboxylic acids is 1. The number of hydrazone groups is 1. The summed E-state index contributed by atoms with van der Waals surface area (Å²) in [6, 6.07) is 2.17. The Hall–Kier alpha value is -2.48. The number of benzene rings is 1. The van der Waals surface area contributed by atoms with E-state index in [9.17, 15) is 9.59 Å². The maximum atomic E-state index is 10.5. The predicted octanol–water partition coefficient (Wildman–Crippen LogP) is 0.814. The van der Waals surface area contributed by atoms with Crippen LogP contribution in [-0.2, 0) is 4.79 Å². The SMILES string of the molecule is COc1cc(C=NNC(N)=O)cc(Cl)c1OCC(=O)O. The Labute approximate surface area is 119 Å². The van der Waals surface area contributed by atoms with E-state index in [4.69, 9.17) is 31.9 Å². The van der Waals surface area contributed by atoms with Crippen molar-refractivity contribution >= 4 is 29.8 Å². The highest BCUT2D eigenvalue weighted by atomic mass is 35.5. The number of hydrogen-bond donors (Lipinski definition) is 3. The number of carbonyl (C=O) groups is 2. The molecule has 0 bridgehead atoms. The molecule has 4 N–H and O–H groups in total. The Balaban J connectivity index is 2.97. The zero-order valence-corrected chi connectivity index (χ0v) is 11.2. The molecule has 0 fully saturated rings. The molecule has 8 nitrogen and oxygen atoms in total. The summed E-state index contributed by atoms with van der Waals surface area (Å²) in [5, 5.41) is 12.3. The van der Waals surface area contributed by atoms with Crippen LogP contribution in [0.5, 0.6) is 11.5 Å². The van der Waals surface area contributed by atoms with Crippen molar-refractivity contribution in [2.75, 3.05) is 13.7 Å². The maximum absolute atomic E-state index is 10.5. The second-order valence-electron chi connectivity index (χ2n) is 3.45. The van der Waals surface area contributed by atoms with Crippen molar-refractivity contribution in [3.63, 3.8) is 0 Å². The van der Waals surface area contributed by atoms with Crippen LogP contribution >= 0.6 is 11.6 Å². The number of ether oxygens (including phenoxy) is 2. The number of methoxy groups -OCH3 is 1. The number of hydrogen-bond acceptors (Lipinski definition) is 5. The standard InChI is InChI=1S/C11H12ClN3O5/c1-19-8-3-6(4-14-15-11(13)18)2-7(12)10(8)20-5-9(16)17/h2-4H,5H2,1H3,(H,16,17)(H3,13,15,18). The van der Waals surface area contributed by atoms with Gasteiger partial charge in [-0.25, -0.2) is 15.0 Å². The molecule has 108 valence electrons. The summed E-state index contributed by atoms with van der Waals surface area (Å²) in [6.07, 6.45) is 1.29. The molecule has 0 radical (unpaired) electrons. The minimum atomic E-state index is -1.14. The average molecular weight is 302 g/mol. The Kier molecular flexibility index (Phi) is 5.60. The Morgan fingerprint density at radius 1 is 1.55 bits per heavy atom. The van der Waals surface area contributed by atoms with Crippen molar-refractivity contribution in [3.05, 3.63) is 22.7 Å². The van der Waals surface area contributed by atoms with E-state index < -0.39 is 18.6 Å². The lowest BCUT2D eigenvalue weighted by Crippen LogP contribution is -2.24. The fourth-order valence-electron chi connectivity index (χ4n) is 1.26. The summed E-state index contributed by atoms with van der Waals surface area (Å²) in [5.74, 6) is -0.796. The monoisotopic (exact) mass is 301 g/mol. The lowest BCUT2D eigenvalue weighted by molar-refractivity contribution is -0.139. The number of carboxylic acid groups (broad SMARTS) is 1. The number of amides is 2. The molecule has 0 aliphatic carbocycles. The highest BCUT2D eigenvalue weighted by molar-refractivity contribution is 6.32. The fraction of sp³-hybridized carbons (Fsp3) is 0.182. The van der Waals surface area contributed by atoms with Crippen LogP contribution in [0, 0.1) is 0 Å². The van der Waals surface area contributed by atoms with Gasteiger partial charge in [0.05, 0.1) is 18.3 Å². The Morgan fingerprint density at radius 3 is 2.80 bits per heavy atom. The third-order valence-corrected chi connectivity index (χ3v) is 2.26. The molecule has 1 aromatic rings. The molecule has 0 aromatic heterocycles. The average Bonchev–Trinajstić information content (AvgIpc) is 2.36. The lowest BCUT2D eigenvalue weighted by atomic mass is 10.2. The Bertz CT molecular complexity index is 547. The molecule has 20 heavy (non-hydrogen) atoms. The van der Waals surface area contributed by atoms with Crippen LogP contribution in [0.25, 0.3) is 0 Å². The van der Waals surface area contributed by atoms with Gasteiger partial charge in [-0.05, 0) is 17.7 Å². The van der Waals surface area contributed by atoms with Gasteiger partial charge in [-0.15, -0.1) is 0 Å². The second kappa shape index (κ2) is 7.19. The number of nitrogens with zero attached hydrogens (tertiary/aromatic N) is 1. The number of carboxylic acids is 1. The molecule has 0 unspecified atom stereocenters. The molecular weight excluding hydrogens is 290 g/mol. The van der Waals surface area contributed by atoms with Gasteiger partial charge < -0.3 is 20.3 Å². The molecule has 9 heteroatoms. The minimum Gasteiger partial charge on any atom is -0.493 e.